The summed E-state index contributed by atoms with van der Waals surface area (Å²) in [6.45, 7) is 11.2. The lowest BCUT2D eigenvalue weighted by Gasteiger charge is -2.39. The number of likely N-dealkylation sites (tertiary alicyclic amines) is 2. The number of rotatable bonds is 3. The Labute approximate surface area is 171 Å². The van der Waals surface area contributed by atoms with Gasteiger partial charge in [0.15, 0.2) is 0 Å². The van der Waals surface area contributed by atoms with E-state index < -0.39 is 0 Å². The van der Waals surface area contributed by atoms with Gasteiger partial charge in [-0.15, -0.1) is 11.3 Å². The Morgan fingerprint density at radius 2 is 2.07 bits per heavy atom. The second kappa shape index (κ2) is 8.01. The molecule has 0 unspecified atom stereocenters. The lowest BCUT2D eigenvalue weighted by molar-refractivity contribution is 0.000910. The molecule has 28 heavy (non-hydrogen) atoms. The molecule has 1 aromatic rings. The predicted molar refractivity (Wildman–Crippen MR) is 110 cm³/mol. The molecule has 0 radical (unpaired) electrons. The van der Waals surface area contributed by atoms with Crippen molar-refractivity contribution in [1.29, 1.82) is 0 Å². The summed E-state index contributed by atoms with van der Waals surface area (Å²) in [5.41, 5.74) is 1.08. The van der Waals surface area contributed by atoms with Crippen LogP contribution in [0.3, 0.4) is 0 Å². The maximum absolute atomic E-state index is 12.9. The molecule has 3 saturated heterocycles. The second-order valence-corrected chi connectivity index (χ2v) is 10.4. The van der Waals surface area contributed by atoms with Crippen molar-refractivity contribution in [3.63, 3.8) is 0 Å². The third-order valence-corrected chi connectivity index (χ3v) is 8.02. The lowest BCUT2D eigenvalue weighted by atomic mass is 9.76. The van der Waals surface area contributed by atoms with Gasteiger partial charge in [0.2, 0.25) is 0 Å². The monoisotopic (exact) mass is 407 g/mol. The van der Waals surface area contributed by atoms with E-state index in [-0.39, 0.29) is 23.5 Å². The van der Waals surface area contributed by atoms with Gasteiger partial charge in [0.1, 0.15) is 4.88 Å². The smallest absolute Gasteiger partial charge is 0.265 e. The van der Waals surface area contributed by atoms with Crippen LogP contribution in [-0.2, 0) is 4.74 Å². The van der Waals surface area contributed by atoms with E-state index in [9.17, 15) is 9.90 Å². The molecular formula is C21H33N3O3S. The molecule has 4 rings (SSSR count). The normalized spacial score (nSPS) is 30.9. The van der Waals surface area contributed by atoms with Crippen LogP contribution < -0.4 is 0 Å². The number of piperidine rings is 2. The average Bonchev–Trinajstić information content (AvgIpc) is 3.21. The van der Waals surface area contributed by atoms with Gasteiger partial charge in [0.25, 0.3) is 5.91 Å². The van der Waals surface area contributed by atoms with Crippen molar-refractivity contribution >= 4 is 17.2 Å². The molecule has 6 nitrogen and oxygen atoms in total. The highest BCUT2D eigenvalue weighted by Gasteiger charge is 2.44. The summed E-state index contributed by atoms with van der Waals surface area (Å²) in [5.74, 6) is 0.546. The fourth-order valence-corrected chi connectivity index (χ4v) is 5.87. The zero-order valence-electron chi connectivity index (χ0n) is 17.3. The number of aliphatic hydroxyl groups is 1. The van der Waals surface area contributed by atoms with Crippen molar-refractivity contribution in [2.45, 2.75) is 58.7 Å². The summed E-state index contributed by atoms with van der Waals surface area (Å²) in [5, 5.41) is 11.1. The van der Waals surface area contributed by atoms with Crippen molar-refractivity contribution in [3.05, 3.63) is 15.6 Å². The average molecular weight is 408 g/mol. The number of aryl methyl sites for hydroxylation is 2. The van der Waals surface area contributed by atoms with E-state index in [2.05, 4.69) is 16.8 Å². The molecule has 3 atom stereocenters. The summed E-state index contributed by atoms with van der Waals surface area (Å²) < 4.78 is 6.18. The van der Waals surface area contributed by atoms with Gasteiger partial charge in [-0.3, -0.25) is 9.69 Å². The Bertz CT molecular complexity index is 714. The van der Waals surface area contributed by atoms with Crippen LogP contribution in [0.4, 0.5) is 0 Å². The van der Waals surface area contributed by atoms with Crippen LogP contribution in [-0.4, -0.2) is 77.3 Å². The maximum atomic E-state index is 12.9. The topological polar surface area (TPSA) is 65.9 Å². The zero-order valence-corrected chi connectivity index (χ0v) is 18.1. The summed E-state index contributed by atoms with van der Waals surface area (Å²) in [4.78, 5) is 22.4. The van der Waals surface area contributed by atoms with Crippen molar-refractivity contribution < 1.29 is 14.6 Å². The van der Waals surface area contributed by atoms with Crippen LogP contribution in [0.5, 0.6) is 0 Å². The van der Waals surface area contributed by atoms with Crippen molar-refractivity contribution in [2.24, 2.45) is 11.3 Å². The number of thiazole rings is 1. The highest BCUT2D eigenvalue weighted by atomic mass is 32.1. The molecule has 0 aromatic carbocycles. The van der Waals surface area contributed by atoms with E-state index in [1.807, 2.05) is 18.7 Å². The molecule has 4 heterocycles. The van der Waals surface area contributed by atoms with Crippen molar-refractivity contribution in [1.82, 2.24) is 14.8 Å². The van der Waals surface area contributed by atoms with Gasteiger partial charge < -0.3 is 14.7 Å². The number of aliphatic hydroxyl groups excluding tert-OH is 1. The first-order valence-corrected chi connectivity index (χ1v) is 11.4. The van der Waals surface area contributed by atoms with Crippen LogP contribution in [0.2, 0.25) is 0 Å². The quantitative estimate of drug-likeness (QED) is 0.834. The van der Waals surface area contributed by atoms with Gasteiger partial charge in [-0.2, -0.15) is 0 Å². The minimum Gasteiger partial charge on any atom is -0.392 e. The Morgan fingerprint density at radius 1 is 1.32 bits per heavy atom. The third-order valence-electron chi connectivity index (χ3n) is 6.96. The SMILES string of the molecule is Cc1nc(C)c(C(=O)N2CCC3(CC2)CO[C@H](CN2CC[C@@H](C)[C@H](O)C2)C3)s1. The van der Waals surface area contributed by atoms with E-state index in [0.717, 1.165) is 80.6 Å². The van der Waals surface area contributed by atoms with Crippen molar-refractivity contribution in [2.75, 3.05) is 39.3 Å². The van der Waals surface area contributed by atoms with Crippen LogP contribution >= 0.6 is 11.3 Å². The fourth-order valence-electron chi connectivity index (χ4n) is 4.99. The highest BCUT2D eigenvalue weighted by molar-refractivity contribution is 7.13. The number of aromatic nitrogens is 1. The summed E-state index contributed by atoms with van der Waals surface area (Å²) in [7, 11) is 0. The summed E-state index contributed by atoms with van der Waals surface area (Å²) >= 11 is 1.51. The second-order valence-electron chi connectivity index (χ2n) is 9.17. The first-order valence-electron chi connectivity index (χ1n) is 10.6. The predicted octanol–water partition coefficient (Wildman–Crippen LogP) is 2.47. The van der Waals surface area contributed by atoms with E-state index in [1.165, 1.54) is 11.3 Å². The number of ether oxygens (including phenoxy) is 1. The Hall–Kier alpha value is -1.02. The minimum absolute atomic E-state index is 0.143. The molecule has 1 N–H and O–H groups in total. The van der Waals surface area contributed by atoms with Crippen LogP contribution in [0.25, 0.3) is 0 Å². The number of hydrogen-bond donors (Lipinski definition) is 1. The molecular weight excluding hydrogens is 374 g/mol. The molecule has 1 aromatic heterocycles. The Balaban J connectivity index is 1.29. The first kappa shape index (κ1) is 20.3. The van der Waals surface area contributed by atoms with E-state index >= 15 is 0 Å². The van der Waals surface area contributed by atoms with Crippen molar-refractivity contribution in [3.8, 4) is 0 Å². The van der Waals surface area contributed by atoms with E-state index in [0.29, 0.717) is 5.92 Å². The third kappa shape index (κ3) is 4.13. The molecule has 0 bridgehead atoms. The number of carbonyl (C=O) groups is 1. The minimum atomic E-state index is -0.211. The fraction of sp³-hybridized carbons (Fsp3) is 0.810. The van der Waals surface area contributed by atoms with Gasteiger partial charge in [0, 0.05) is 26.2 Å². The Kier molecular flexibility index (Phi) is 5.80. The lowest BCUT2D eigenvalue weighted by Crippen LogP contribution is -2.46. The van der Waals surface area contributed by atoms with Gasteiger partial charge in [-0.25, -0.2) is 4.98 Å². The summed E-state index contributed by atoms with van der Waals surface area (Å²) in [6.07, 6.45) is 4.23. The highest BCUT2D eigenvalue weighted by Crippen LogP contribution is 2.42. The largest absolute Gasteiger partial charge is 0.392 e. The number of β-amino-alcohol motifs (C(OH)–C–C–N with tert-alkyl or cyclic N) is 1. The summed E-state index contributed by atoms with van der Waals surface area (Å²) in [6, 6.07) is 0. The molecule has 156 valence electrons. The molecule has 3 aliphatic heterocycles. The zero-order chi connectivity index (χ0) is 19.9. The number of nitrogens with zero attached hydrogens (tertiary/aromatic N) is 3. The number of amides is 1. The molecule has 1 amide bonds. The molecule has 0 aliphatic carbocycles. The molecule has 7 heteroatoms. The number of hydrogen-bond acceptors (Lipinski definition) is 6. The van der Waals surface area contributed by atoms with Gasteiger partial charge >= 0.3 is 0 Å². The van der Waals surface area contributed by atoms with Gasteiger partial charge in [-0.1, -0.05) is 6.92 Å². The van der Waals surface area contributed by atoms with Gasteiger partial charge in [0.05, 0.1) is 29.5 Å². The van der Waals surface area contributed by atoms with Crippen LogP contribution in [0.15, 0.2) is 0 Å². The molecule has 0 saturated carbocycles. The van der Waals surface area contributed by atoms with Gasteiger partial charge in [-0.05, 0) is 57.4 Å². The van der Waals surface area contributed by atoms with E-state index in [1.54, 1.807) is 0 Å². The number of carbonyl (C=O) groups excluding carboxylic acids is 1. The van der Waals surface area contributed by atoms with Crippen LogP contribution in [0.1, 0.15) is 53.0 Å². The first-order chi connectivity index (χ1) is 13.3. The van der Waals surface area contributed by atoms with Crippen LogP contribution in [0, 0.1) is 25.2 Å². The standard InChI is InChI=1S/C21H33N3O3S/c1-14-4-7-23(12-18(14)25)11-17-10-21(13-27-17)5-8-24(9-6-21)20(26)19-15(2)22-16(3)28-19/h14,17-18,25H,4-13H2,1-3H3/t14-,17+,18-/m1/s1. The molecule has 3 fully saturated rings. The molecule has 3 aliphatic rings. The Morgan fingerprint density at radius 3 is 2.71 bits per heavy atom. The molecule has 1 spiro atoms. The maximum Gasteiger partial charge on any atom is 0.265 e. The van der Waals surface area contributed by atoms with E-state index in [4.69, 9.17) is 4.74 Å².